The van der Waals surface area contributed by atoms with Gasteiger partial charge in [-0.2, -0.15) is 0 Å². The van der Waals surface area contributed by atoms with Crippen LogP contribution in [0.15, 0.2) is 0 Å². The lowest BCUT2D eigenvalue weighted by molar-refractivity contribution is -0.893. The Morgan fingerprint density at radius 3 is 1.27 bits per heavy atom. The fraction of sp³-hybridized carbons (Fsp3) is 0.950. The first-order valence-electron chi connectivity index (χ1n) is 20.6. The predicted octanol–water partition coefficient (Wildman–Crippen LogP) is 10.4. The highest BCUT2D eigenvalue weighted by Crippen LogP contribution is 2.16. The van der Waals surface area contributed by atoms with Crippen LogP contribution in [-0.4, -0.2) is 75.0 Å². The second kappa shape index (κ2) is 32.7. The molecule has 0 saturated heterocycles. The van der Waals surface area contributed by atoms with Gasteiger partial charge in [0.05, 0.1) is 30.8 Å². The van der Waals surface area contributed by atoms with E-state index in [0.717, 1.165) is 38.5 Å². The molecule has 0 aromatic carbocycles. The maximum absolute atomic E-state index is 12.7. The van der Waals surface area contributed by atoms with Gasteiger partial charge >= 0.3 is 11.9 Å². The first-order chi connectivity index (χ1) is 23.5. The molecule has 9 heteroatoms. The van der Waals surface area contributed by atoms with E-state index in [-0.39, 0.29) is 25.0 Å². The molecule has 0 spiro atoms. The summed E-state index contributed by atoms with van der Waals surface area (Å²) in [6.45, 7) is 5.30. The molecule has 0 aromatic rings. The minimum absolute atomic E-state index is 0.0108. The molecule has 0 aliphatic heterocycles. The van der Waals surface area contributed by atoms with E-state index in [1.54, 1.807) is 0 Å². The average Bonchev–Trinajstić information content (AvgIpc) is 3.03. The summed E-state index contributed by atoms with van der Waals surface area (Å²) in [5.74, 6) is -0.988. The van der Waals surface area contributed by atoms with E-state index in [1.807, 2.05) is 14.1 Å². The molecule has 0 bridgehead atoms. The Hall–Kier alpha value is -1.19. The van der Waals surface area contributed by atoms with Crippen molar-refractivity contribution >= 4 is 22.1 Å². The van der Waals surface area contributed by atoms with Crippen LogP contribution in [0.3, 0.4) is 0 Å². The number of quaternary nitrogens is 1. The molecular formula is C40H79NO7S. The molecule has 0 fully saturated rings. The first-order valence-corrected chi connectivity index (χ1v) is 22.2. The van der Waals surface area contributed by atoms with Crippen molar-refractivity contribution in [3.63, 3.8) is 0 Å². The monoisotopic (exact) mass is 718 g/mol. The Morgan fingerprint density at radius 2 is 0.898 bits per heavy atom. The number of hydrogen-bond donors (Lipinski definition) is 0. The third kappa shape index (κ3) is 36.4. The van der Waals surface area contributed by atoms with Gasteiger partial charge in [-0.15, -0.1) is 0 Å². The van der Waals surface area contributed by atoms with Gasteiger partial charge in [-0.3, -0.25) is 9.59 Å². The minimum Gasteiger partial charge on any atom is -0.748 e. The molecule has 0 aromatic heterocycles. The molecule has 0 rings (SSSR count). The number of carbonyl (C=O) groups is 2. The summed E-state index contributed by atoms with van der Waals surface area (Å²) in [5.41, 5.74) is 0. The van der Waals surface area contributed by atoms with Gasteiger partial charge < -0.3 is 18.5 Å². The van der Waals surface area contributed by atoms with E-state index in [4.69, 9.17) is 9.47 Å². The normalized spacial score (nSPS) is 12.7. The van der Waals surface area contributed by atoms with Crippen LogP contribution < -0.4 is 0 Å². The standard InChI is InChI=1S/C40H79NO7S/c1-5-7-9-11-13-15-17-19-21-23-25-27-29-32-39(42)47-37-38(36-41(3,4)34-31-35-49(44,45)46)48-40(43)33-30-28-26-24-22-20-18-16-14-12-10-8-6-2/h38H,5-37H2,1-4H3. The van der Waals surface area contributed by atoms with Crippen LogP contribution in [0.1, 0.15) is 200 Å². The number of ether oxygens (including phenoxy) is 2. The lowest BCUT2D eigenvalue weighted by Gasteiger charge is -2.33. The van der Waals surface area contributed by atoms with Crippen molar-refractivity contribution in [2.75, 3.05) is 39.5 Å². The lowest BCUT2D eigenvalue weighted by Crippen LogP contribution is -2.49. The van der Waals surface area contributed by atoms with Crippen molar-refractivity contribution in [2.24, 2.45) is 0 Å². The van der Waals surface area contributed by atoms with Crippen LogP contribution in [0.4, 0.5) is 0 Å². The van der Waals surface area contributed by atoms with E-state index >= 15 is 0 Å². The highest BCUT2D eigenvalue weighted by molar-refractivity contribution is 7.85. The van der Waals surface area contributed by atoms with Crippen LogP contribution in [0.25, 0.3) is 0 Å². The smallest absolute Gasteiger partial charge is 0.306 e. The Labute approximate surface area is 303 Å². The Kier molecular flexibility index (Phi) is 31.9. The highest BCUT2D eigenvalue weighted by atomic mass is 32.2. The van der Waals surface area contributed by atoms with Gasteiger partial charge in [0.15, 0.2) is 6.10 Å². The summed E-state index contributed by atoms with van der Waals surface area (Å²) in [4.78, 5) is 25.3. The van der Waals surface area contributed by atoms with Gasteiger partial charge in [0.1, 0.15) is 13.2 Å². The average molecular weight is 718 g/mol. The summed E-state index contributed by atoms with van der Waals surface area (Å²) < 4.78 is 44.9. The maximum atomic E-state index is 12.7. The van der Waals surface area contributed by atoms with Crippen LogP contribution >= 0.6 is 0 Å². The van der Waals surface area contributed by atoms with Gasteiger partial charge in [0, 0.05) is 25.0 Å². The summed E-state index contributed by atoms with van der Waals surface area (Å²) in [6, 6.07) is 0. The van der Waals surface area contributed by atoms with E-state index in [1.165, 1.54) is 128 Å². The minimum atomic E-state index is -4.28. The summed E-state index contributed by atoms with van der Waals surface area (Å²) in [6.07, 6.45) is 32.5. The summed E-state index contributed by atoms with van der Waals surface area (Å²) >= 11 is 0. The molecule has 0 N–H and O–H groups in total. The molecule has 0 aliphatic carbocycles. The first kappa shape index (κ1) is 47.8. The van der Waals surface area contributed by atoms with E-state index in [0.29, 0.717) is 30.4 Å². The number of hydrogen-bond acceptors (Lipinski definition) is 7. The number of unbranched alkanes of at least 4 members (excludes halogenated alkanes) is 24. The van der Waals surface area contributed by atoms with Crippen LogP contribution in [0.2, 0.25) is 0 Å². The zero-order valence-electron chi connectivity index (χ0n) is 32.6. The number of carbonyl (C=O) groups excluding carboxylic acids is 2. The maximum Gasteiger partial charge on any atom is 0.306 e. The number of nitrogens with zero attached hydrogens (tertiary/aromatic N) is 1. The van der Waals surface area contributed by atoms with E-state index < -0.39 is 22.0 Å². The van der Waals surface area contributed by atoms with Crippen LogP contribution in [0, 0.1) is 0 Å². The molecule has 8 nitrogen and oxygen atoms in total. The molecule has 1 atom stereocenters. The zero-order chi connectivity index (χ0) is 36.5. The number of esters is 2. The molecule has 0 heterocycles. The molecule has 0 saturated carbocycles. The van der Waals surface area contributed by atoms with Crippen LogP contribution in [-0.2, 0) is 29.2 Å². The van der Waals surface area contributed by atoms with Crippen molar-refractivity contribution in [3.8, 4) is 0 Å². The molecule has 0 radical (unpaired) electrons. The van der Waals surface area contributed by atoms with Crippen molar-refractivity contribution in [1.82, 2.24) is 0 Å². The largest absolute Gasteiger partial charge is 0.748 e. The van der Waals surface area contributed by atoms with Crippen molar-refractivity contribution in [3.05, 3.63) is 0 Å². The van der Waals surface area contributed by atoms with Gasteiger partial charge in [-0.25, -0.2) is 8.42 Å². The van der Waals surface area contributed by atoms with Gasteiger partial charge in [0.2, 0.25) is 0 Å². The molecule has 49 heavy (non-hydrogen) atoms. The Morgan fingerprint density at radius 1 is 0.551 bits per heavy atom. The zero-order valence-corrected chi connectivity index (χ0v) is 33.4. The predicted molar refractivity (Wildman–Crippen MR) is 202 cm³/mol. The summed E-state index contributed by atoms with van der Waals surface area (Å²) in [7, 11) is -0.476. The summed E-state index contributed by atoms with van der Waals surface area (Å²) in [5, 5.41) is 0. The fourth-order valence-corrected chi connectivity index (χ4v) is 7.00. The third-order valence-electron chi connectivity index (χ3n) is 9.55. The van der Waals surface area contributed by atoms with Gasteiger partial charge in [-0.1, -0.05) is 168 Å². The molecule has 292 valence electrons. The topological polar surface area (TPSA) is 110 Å². The highest BCUT2D eigenvalue weighted by Gasteiger charge is 2.26. The second-order valence-corrected chi connectivity index (χ2v) is 16.8. The molecule has 0 amide bonds. The fourth-order valence-electron chi connectivity index (χ4n) is 6.51. The van der Waals surface area contributed by atoms with Crippen molar-refractivity contribution in [1.29, 1.82) is 0 Å². The number of likely N-dealkylation sites (N-methyl/N-ethyl adjacent to an activating group) is 1. The van der Waals surface area contributed by atoms with E-state index in [9.17, 15) is 22.6 Å². The van der Waals surface area contributed by atoms with Gasteiger partial charge in [0.25, 0.3) is 0 Å². The lowest BCUT2D eigenvalue weighted by atomic mass is 10.0. The van der Waals surface area contributed by atoms with E-state index in [2.05, 4.69) is 13.8 Å². The second-order valence-electron chi connectivity index (χ2n) is 15.2. The van der Waals surface area contributed by atoms with Crippen LogP contribution in [0.5, 0.6) is 0 Å². The Balaban J connectivity index is 4.36. The third-order valence-corrected chi connectivity index (χ3v) is 10.3. The molecule has 1 unspecified atom stereocenters. The molecule has 0 aliphatic rings. The SMILES string of the molecule is CCCCCCCCCCCCCCCC(=O)OCC(C[N+](C)(C)CCCS(=O)(=O)[O-])OC(=O)CCCCCCCCCCCCCCC. The Bertz CT molecular complexity index is 878. The molecular weight excluding hydrogens is 639 g/mol. The van der Waals surface area contributed by atoms with Crippen molar-refractivity contribution < 1.29 is 36.5 Å². The number of rotatable bonds is 37. The van der Waals surface area contributed by atoms with Crippen molar-refractivity contribution in [2.45, 2.75) is 206 Å². The van der Waals surface area contributed by atoms with Gasteiger partial charge in [-0.05, 0) is 12.8 Å². The quantitative estimate of drug-likeness (QED) is 0.0272.